The van der Waals surface area contributed by atoms with Crippen molar-refractivity contribution in [2.75, 3.05) is 0 Å². The van der Waals surface area contributed by atoms with Gasteiger partial charge in [0, 0.05) is 18.5 Å². The Bertz CT molecular complexity index is 172. The molecule has 0 saturated heterocycles. The van der Waals surface area contributed by atoms with E-state index in [9.17, 15) is 4.79 Å². The summed E-state index contributed by atoms with van der Waals surface area (Å²) < 4.78 is 0. The van der Waals surface area contributed by atoms with Crippen molar-refractivity contribution in [2.45, 2.75) is 64.0 Å². The summed E-state index contributed by atoms with van der Waals surface area (Å²) in [6.45, 7) is 1.87. The standard InChI is InChI=1S/C11H22N2O/c1-9(12)8-11(14)13-10-6-4-2-3-5-7-10/h9-10H,2-8,12H2,1H3,(H,13,14). The lowest BCUT2D eigenvalue weighted by atomic mass is 10.1. The maximum Gasteiger partial charge on any atom is 0.221 e. The smallest absolute Gasteiger partial charge is 0.221 e. The number of nitrogens with one attached hydrogen (secondary N) is 1. The predicted molar refractivity (Wildman–Crippen MR) is 57.9 cm³/mol. The van der Waals surface area contributed by atoms with Crippen molar-refractivity contribution >= 4 is 5.91 Å². The first-order chi connectivity index (χ1) is 6.68. The molecule has 0 aromatic carbocycles. The van der Waals surface area contributed by atoms with E-state index in [0.29, 0.717) is 12.5 Å². The first kappa shape index (κ1) is 11.5. The molecule has 82 valence electrons. The lowest BCUT2D eigenvalue weighted by Gasteiger charge is -2.16. The van der Waals surface area contributed by atoms with Crippen LogP contribution in [0.15, 0.2) is 0 Å². The fourth-order valence-corrected chi connectivity index (χ4v) is 2.00. The molecule has 0 aromatic rings. The van der Waals surface area contributed by atoms with Crippen molar-refractivity contribution in [3.8, 4) is 0 Å². The first-order valence-electron chi connectivity index (χ1n) is 5.73. The monoisotopic (exact) mass is 198 g/mol. The molecule has 0 spiro atoms. The topological polar surface area (TPSA) is 55.1 Å². The molecular weight excluding hydrogens is 176 g/mol. The fraction of sp³-hybridized carbons (Fsp3) is 0.909. The zero-order chi connectivity index (χ0) is 10.4. The summed E-state index contributed by atoms with van der Waals surface area (Å²) in [6, 6.07) is 0.379. The molecule has 0 bridgehead atoms. The Balaban J connectivity index is 2.23. The highest BCUT2D eigenvalue weighted by atomic mass is 16.1. The van der Waals surface area contributed by atoms with E-state index >= 15 is 0 Å². The van der Waals surface area contributed by atoms with Crippen molar-refractivity contribution in [3.63, 3.8) is 0 Å². The average molecular weight is 198 g/mol. The summed E-state index contributed by atoms with van der Waals surface area (Å²) in [5.74, 6) is 0.117. The third-order valence-corrected chi connectivity index (χ3v) is 2.73. The van der Waals surface area contributed by atoms with Gasteiger partial charge in [-0.05, 0) is 19.8 Å². The molecule has 0 aliphatic heterocycles. The molecule has 14 heavy (non-hydrogen) atoms. The lowest BCUT2D eigenvalue weighted by molar-refractivity contribution is -0.122. The molecule has 1 atom stereocenters. The molecule has 1 saturated carbocycles. The number of hydrogen-bond acceptors (Lipinski definition) is 2. The van der Waals surface area contributed by atoms with Gasteiger partial charge in [-0.15, -0.1) is 0 Å². The third kappa shape index (κ3) is 4.61. The van der Waals surface area contributed by atoms with Gasteiger partial charge in [-0.2, -0.15) is 0 Å². The normalized spacial score (nSPS) is 21.3. The van der Waals surface area contributed by atoms with E-state index < -0.39 is 0 Å². The summed E-state index contributed by atoms with van der Waals surface area (Å²) in [5.41, 5.74) is 5.57. The Kier molecular flexibility index (Phi) is 4.94. The van der Waals surface area contributed by atoms with E-state index in [1.807, 2.05) is 6.92 Å². The van der Waals surface area contributed by atoms with Gasteiger partial charge in [0.25, 0.3) is 0 Å². The highest BCUT2D eigenvalue weighted by molar-refractivity contribution is 5.76. The van der Waals surface area contributed by atoms with Crippen LogP contribution in [0.4, 0.5) is 0 Å². The molecule has 1 amide bonds. The van der Waals surface area contributed by atoms with Crippen molar-refractivity contribution in [1.29, 1.82) is 0 Å². The fourth-order valence-electron chi connectivity index (χ4n) is 2.00. The maximum absolute atomic E-state index is 11.4. The average Bonchev–Trinajstić information content (AvgIpc) is 2.31. The molecular formula is C11H22N2O. The predicted octanol–water partition coefficient (Wildman–Crippen LogP) is 1.56. The summed E-state index contributed by atoms with van der Waals surface area (Å²) in [7, 11) is 0. The van der Waals surface area contributed by atoms with E-state index in [4.69, 9.17) is 5.73 Å². The Morgan fingerprint density at radius 2 is 1.93 bits per heavy atom. The first-order valence-corrected chi connectivity index (χ1v) is 5.73. The summed E-state index contributed by atoms with van der Waals surface area (Å²) in [6.07, 6.45) is 7.89. The quantitative estimate of drug-likeness (QED) is 0.676. The second kappa shape index (κ2) is 6.02. The Labute approximate surface area is 86.4 Å². The van der Waals surface area contributed by atoms with Gasteiger partial charge in [-0.25, -0.2) is 0 Å². The van der Waals surface area contributed by atoms with Crippen LogP contribution in [0.3, 0.4) is 0 Å². The molecule has 3 nitrogen and oxygen atoms in total. The van der Waals surface area contributed by atoms with Gasteiger partial charge in [-0.1, -0.05) is 25.7 Å². The van der Waals surface area contributed by atoms with E-state index in [2.05, 4.69) is 5.32 Å². The van der Waals surface area contributed by atoms with Crippen molar-refractivity contribution in [3.05, 3.63) is 0 Å². The van der Waals surface area contributed by atoms with Crippen LogP contribution < -0.4 is 11.1 Å². The van der Waals surface area contributed by atoms with Gasteiger partial charge < -0.3 is 11.1 Å². The second-order valence-corrected chi connectivity index (χ2v) is 4.44. The molecule has 1 unspecified atom stereocenters. The van der Waals surface area contributed by atoms with Crippen molar-refractivity contribution < 1.29 is 4.79 Å². The van der Waals surface area contributed by atoms with Crippen LogP contribution in [-0.2, 0) is 4.79 Å². The van der Waals surface area contributed by atoms with Gasteiger partial charge >= 0.3 is 0 Å². The van der Waals surface area contributed by atoms with Crippen LogP contribution in [0, 0.1) is 0 Å². The minimum absolute atomic E-state index is 0.0271. The van der Waals surface area contributed by atoms with Crippen LogP contribution in [0.5, 0.6) is 0 Å². The van der Waals surface area contributed by atoms with E-state index in [-0.39, 0.29) is 11.9 Å². The minimum Gasteiger partial charge on any atom is -0.353 e. The van der Waals surface area contributed by atoms with Gasteiger partial charge in [0.2, 0.25) is 5.91 Å². The molecule has 1 aliphatic rings. The van der Waals surface area contributed by atoms with E-state index in [1.165, 1.54) is 25.7 Å². The van der Waals surface area contributed by atoms with Crippen LogP contribution in [0.1, 0.15) is 51.9 Å². The largest absolute Gasteiger partial charge is 0.353 e. The maximum atomic E-state index is 11.4. The van der Waals surface area contributed by atoms with Crippen molar-refractivity contribution in [2.24, 2.45) is 5.73 Å². The zero-order valence-electron chi connectivity index (χ0n) is 9.09. The zero-order valence-corrected chi connectivity index (χ0v) is 9.09. The van der Waals surface area contributed by atoms with E-state index in [1.54, 1.807) is 0 Å². The SMILES string of the molecule is CC(N)CC(=O)NC1CCCCCC1. The Morgan fingerprint density at radius 3 is 2.43 bits per heavy atom. The third-order valence-electron chi connectivity index (χ3n) is 2.73. The molecule has 0 radical (unpaired) electrons. The minimum atomic E-state index is -0.0271. The van der Waals surface area contributed by atoms with Gasteiger partial charge in [-0.3, -0.25) is 4.79 Å². The number of carbonyl (C=O) groups is 1. The summed E-state index contributed by atoms with van der Waals surface area (Å²) in [5, 5.41) is 3.07. The van der Waals surface area contributed by atoms with Gasteiger partial charge in [0.05, 0.1) is 0 Å². The number of rotatable bonds is 3. The molecule has 0 heterocycles. The highest BCUT2D eigenvalue weighted by Gasteiger charge is 2.14. The van der Waals surface area contributed by atoms with Crippen molar-refractivity contribution in [1.82, 2.24) is 5.32 Å². The Morgan fingerprint density at radius 1 is 1.36 bits per heavy atom. The lowest BCUT2D eigenvalue weighted by Crippen LogP contribution is -2.37. The summed E-state index contributed by atoms with van der Waals surface area (Å²) in [4.78, 5) is 11.4. The molecule has 1 fully saturated rings. The van der Waals surface area contributed by atoms with Crippen LogP contribution in [0.2, 0.25) is 0 Å². The molecule has 1 rings (SSSR count). The summed E-state index contributed by atoms with van der Waals surface area (Å²) >= 11 is 0. The molecule has 3 heteroatoms. The number of nitrogens with two attached hydrogens (primary N) is 1. The number of hydrogen-bond donors (Lipinski definition) is 2. The number of amides is 1. The molecule has 3 N–H and O–H groups in total. The van der Waals surface area contributed by atoms with Crippen LogP contribution in [-0.4, -0.2) is 18.0 Å². The van der Waals surface area contributed by atoms with E-state index in [0.717, 1.165) is 12.8 Å². The Hall–Kier alpha value is -0.570. The van der Waals surface area contributed by atoms with Gasteiger partial charge in [0.1, 0.15) is 0 Å². The van der Waals surface area contributed by atoms with Crippen LogP contribution in [0.25, 0.3) is 0 Å². The molecule has 1 aliphatic carbocycles. The second-order valence-electron chi connectivity index (χ2n) is 4.44. The van der Waals surface area contributed by atoms with Crippen LogP contribution >= 0.6 is 0 Å². The molecule has 0 aromatic heterocycles. The highest BCUT2D eigenvalue weighted by Crippen LogP contribution is 2.17. The number of carbonyl (C=O) groups excluding carboxylic acids is 1. The van der Waals surface area contributed by atoms with Gasteiger partial charge in [0.15, 0.2) is 0 Å².